The van der Waals surface area contributed by atoms with Gasteiger partial charge in [-0.25, -0.2) is 20.8 Å². The van der Waals surface area contributed by atoms with Gasteiger partial charge in [-0.05, 0) is 131 Å². The van der Waals surface area contributed by atoms with Gasteiger partial charge < -0.3 is 28.0 Å². The molecule has 24 amide bonds. The van der Waals surface area contributed by atoms with Crippen molar-refractivity contribution in [2.45, 2.75) is 76.2 Å². The van der Waals surface area contributed by atoms with E-state index in [4.69, 9.17) is 0 Å². The molecule has 7 aromatic rings. The largest absolute Gasteiger partial charge is 0.334 e. The Hall–Kier alpha value is -9.16. The molecule has 6 radical (unpaired) electrons. The molecule has 12 heterocycles. The van der Waals surface area contributed by atoms with E-state index in [1.165, 1.54) is 25.2 Å². The number of β-lactam (4-membered cyclic amide) rings is 24. The second-order valence-corrected chi connectivity index (χ2v) is 29.9. The maximum atomic E-state index is 13.1. The maximum absolute atomic E-state index is 13.1. The number of benzene rings is 7. The van der Waals surface area contributed by atoms with Crippen LogP contribution >= 0.6 is 0 Å². The number of nitrogens with zero attached hydrogens (tertiary/aromatic N) is 12. The molecule has 36 nitrogen and oxygen atoms in total. The van der Waals surface area contributed by atoms with Crippen molar-refractivity contribution in [3.8, 4) is 0 Å². The summed E-state index contributed by atoms with van der Waals surface area (Å²) in [7, 11) is 3.54. The smallest absolute Gasteiger partial charge is 0.286 e. The summed E-state index contributed by atoms with van der Waals surface area (Å²) in [6.45, 7) is 20.3. The van der Waals surface area contributed by atoms with Crippen LogP contribution in [0.2, 0.25) is 0 Å². The maximum Gasteiger partial charge on any atom is 0.286 e. The molecule has 0 aliphatic carbocycles. The quantitative estimate of drug-likeness (QED) is 0.111. The summed E-state index contributed by atoms with van der Waals surface area (Å²) in [5.74, 6) is -22.3. The van der Waals surface area contributed by atoms with E-state index in [1.54, 1.807) is 88.4 Å². The Bertz CT molecular complexity index is 6220. The van der Waals surface area contributed by atoms with Crippen molar-refractivity contribution in [3.05, 3.63) is 196 Å². The van der Waals surface area contributed by atoms with E-state index in [1.807, 2.05) is 54.5 Å². The number of anilines is 9. The molecule has 12 fully saturated rings. The summed E-state index contributed by atoms with van der Waals surface area (Å²) in [6, 6.07) is 43.2. The molecule has 12 aliphatic heterocycles. The Morgan fingerprint density at radius 3 is 0.594 bits per heavy atom. The van der Waals surface area contributed by atoms with Crippen LogP contribution < -0.4 is 44.1 Å². The first kappa shape index (κ1) is 103. The molecule has 632 valence electrons. The van der Waals surface area contributed by atoms with Crippen LogP contribution in [-0.2, 0) is 311 Å². The summed E-state index contributed by atoms with van der Waals surface area (Å²) in [5, 5.41) is 0. The van der Waals surface area contributed by atoms with Crippen molar-refractivity contribution in [2.75, 3.05) is 65.2 Å². The van der Waals surface area contributed by atoms with Gasteiger partial charge in [0.2, 0.25) is 0 Å². The molecular formula is C86H60N12O24Y6-6. The fourth-order valence-electron chi connectivity index (χ4n) is 16.1. The minimum atomic E-state index is -2.50. The fourth-order valence-corrected chi connectivity index (χ4v) is 16.1. The van der Waals surface area contributed by atoms with Gasteiger partial charge in [0, 0.05) is 217 Å². The number of hydrogen-bond acceptors (Lipinski definition) is 24. The normalized spacial score (nSPS) is 19.4. The molecule has 0 unspecified atom stereocenters. The van der Waals surface area contributed by atoms with E-state index in [2.05, 4.69) is 36.4 Å². The third kappa shape index (κ3) is 12.7. The first-order valence-corrected chi connectivity index (χ1v) is 37.0. The van der Waals surface area contributed by atoms with Crippen LogP contribution in [0.4, 0.5) is 51.2 Å². The molecule has 12 saturated heterocycles. The van der Waals surface area contributed by atoms with Gasteiger partial charge in [0.05, 0.1) is 17.1 Å². The minimum absolute atomic E-state index is 0. The van der Waals surface area contributed by atoms with E-state index in [-0.39, 0.29) is 236 Å². The van der Waals surface area contributed by atoms with Gasteiger partial charge in [-0.15, -0.1) is 12.1 Å². The molecule has 0 N–H and O–H groups in total. The average molecular weight is 2180 g/mol. The van der Waals surface area contributed by atoms with Gasteiger partial charge in [-0.3, -0.25) is 174 Å². The Morgan fingerprint density at radius 2 is 0.391 bits per heavy atom. The molecule has 128 heavy (non-hydrogen) atoms. The van der Waals surface area contributed by atoms with E-state index in [0.717, 1.165) is 107 Å². The minimum Gasteiger partial charge on any atom is -0.334 e. The Morgan fingerprint density at radius 1 is 0.203 bits per heavy atom. The van der Waals surface area contributed by atoms with Crippen molar-refractivity contribution >= 4 is 193 Å². The first-order valence-electron chi connectivity index (χ1n) is 37.0. The predicted octanol–water partition coefficient (Wildman–Crippen LogP) is 1.21. The number of para-hydroxylation sites is 2. The van der Waals surface area contributed by atoms with Crippen molar-refractivity contribution in [1.29, 1.82) is 0 Å². The fraction of sp³-hybridized carbons (Fsp3) is 0.233. The number of hydrogen-bond donors (Lipinski definition) is 0. The summed E-state index contributed by atoms with van der Waals surface area (Å²) in [4.78, 5) is 310. The van der Waals surface area contributed by atoms with Crippen LogP contribution in [0.5, 0.6) is 0 Å². The van der Waals surface area contributed by atoms with Gasteiger partial charge >= 0.3 is 0 Å². The molecular weight excluding hydrogens is 2120 g/mol. The molecule has 19 rings (SSSR count). The molecule has 0 aromatic heterocycles. The molecule has 7 aromatic carbocycles. The van der Waals surface area contributed by atoms with Crippen molar-refractivity contribution in [2.24, 2.45) is 32.5 Å². The molecule has 42 heteroatoms. The van der Waals surface area contributed by atoms with Crippen molar-refractivity contribution in [3.63, 3.8) is 0 Å². The molecule has 12 aliphatic rings. The standard InChI is InChI=1S/2C26H16N4O8.C20H15N2O4.C12H7N2O4.C2H6.6Y/c1-11-9-13(3)16(10-12(11)2)30-23(37)26(24(30)38)21(35)29(22(26)36)15-7-5-14(6-8-15)28-19(33)25(20(28)34)17(31)27(4)18(25)32;1-11-8-13(3)16(9-12(11)2)30-23(37)26(24(30)38)21(35)29(22(26)36)15-7-5-6-14(10-15)28-19(33)25(20(28)34)17(31)27(4)18(25)32;1-11-9-13(3)15(10-12(11)2)22-18(25)20(19(22)26)16(23)21(17(20)24)14-7-5-4-6-8-14;1-13-8(15)12(9(13)16)10(17)14(11(12)18)7-5-3-2-4-6-7;1-2;;;;;;/h2*5,8-10H,1-4H3;4-7,9-10H,1-3H3;2-5H,1H3;1-2H3;;;;;;/q2*-2;2*-1;;;;;;;. The third-order valence-corrected chi connectivity index (χ3v) is 23.6. The zero-order valence-corrected chi connectivity index (χ0v) is 87.1. The second-order valence-electron chi connectivity index (χ2n) is 29.9. The predicted molar refractivity (Wildman–Crippen MR) is 412 cm³/mol. The van der Waals surface area contributed by atoms with Crippen molar-refractivity contribution < 1.29 is 311 Å². The number of carbonyl (C=O) groups is 24. The van der Waals surface area contributed by atoms with Gasteiger partial charge in [-0.1, -0.05) is 43.4 Å². The van der Waals surface area contributed by atoms with E-state index in [0.29, 0.717) is 51.9 Å². The number of amides is 24. The number of imide groups is 12. The van der Waals surface area contributed by atoms with Crippen LogP contribution in [0, 0.1) is 131 Å². The third-order valence-electron chi connectivity index (χ3n) is 23.6. The van der Waals surface area contributed by atoms with Gasteiger partial charge in [0.15, 0.2) is 0 Å². The van der Waals surface area contributed by atoms with E-state index >= 15 is 0 Å². The number of carbonyl (C=O) groups excluding carboxylic acids is 24. The summed E-state index contributed by atoms with van der Waals surface area (Å²) in [5.41, 5.74) is -5.90. The second kappa shape index (κ2) is 35.5. The van der Waals surface area contributed by atoms with Crippen LogP contribution in [0.25, 0.3) is 0 Å². The van der Waals surface area contributed by atoms with Crippen molar-refractivity contribution in [1.82, 2.24) is 14.7 Å². The summed E-state index contributed by atoms with van der Waals surface area (Å²) >= 11 is 0. The Labute approximate surface area is 877 Å². The number of aryl methyl sites for hydroxylation is 9. The number of likely N-dealkylation sites (tertiary alicyclic amines) is 3. The van der Waals surface area contributed by atoms with E-state index in [9.17, 15) is 115 Å². The number of rotatable bonds is 9. The zero-order valence-electron chi connectivity index (χ0n) is 70.0. The van der Waals surface area contributed by atoms with E-state index < -0.39 is 174 Å². The first-order chi connectivity index (χ1) is 57.5. The zero-order chi connectivity index (χ0) is 89.1. The van der Waals surface area contributed by atoms with Gasteiger partial charge in [0.1, 0.15) is 0 Å². The average Bonchev–Trinajstić information content (AvgIpc) is 0.680. The van der Waals surface area contributed by atoms with Crippen LogP contribution in [0.3, 0.4) is 0 Å². The topological polar surface area (TPSA) is 449 Å². The molecule has 0 atom stereocenters. The summed E-state index contributed by atoms with van der Waals surface area (Å²) in [6.07, 6.45) is 0. The Balaban J connectivity index is 0.000000194. The van der Waals surface area contributed by atoms with Crippen LogP contribution in [0.1, 0.15) is 63.9 Å². The molecule has 0 saturated carbocycles. The van der Waals surface area contributed by atoms with Gasteiger partial charge in [0.25, 0.3) is 174 Å². The molecule has 0 bridgehead atoms. The summed E-state index contributed by atoms with van der Waals surface area (Å²) < 4.78 is 0. The SMILES string of the molecule is CC.CN1C(=O)C2(C1=O)C(=O)N(c1[c-]cccc1)C2=O.Cc1cc(C)c(N2C(=O)C3(C(=O)N(c4[c-]c[c-]c(N5C(=O)C6(C(=O)N(C)C6=O)C5=O)c4)C3=O)C2=O)cc1C.Cc1cc(C)c(N2C(=O)C3(C(=O)N(c4[c-]cc(N5C(=O)C6(C(=O)N(C)C6=O)C5=O)[c-]c4)C3=O)C2=O)cc1C.Cc1cc(C)c(N2C(=O)C3(C(=O)N(c4[c-]cccc4)C3=O)C2=O)cc1C.[Y].[Y].[Y].[Y].[Y].[Y]. The van der Waals surface area contributed by atoms with Gasteiger partial charge in [-0.2, -0.15) is 71.3 Å². The molecule has 6 spiro atoms. The van der Waals surface area contributed by atoms with Crippen LogP contribution in [-0.4, -0.2) is 178 Å². The van der Waals surface area contributed by atoms with Crippen LogP contribution in [0.15, 0.2) is 109 Å². The Kier molecular flexibility index (Phi) is 28.5. The monoisotopic (exact) mass is 2180 g/mol.